The zero-order chi connectivity index (χ0) is 21.3. The minimum absolute atomic E-state index is 0.0472. The van der Waals surface area contributed by atoms with Crippen LogP contribution in [0.1, 0.15) is 93.7 Å². The Bertz CT molecular complexity index is 797. The van der Waals surface area contributed by atoms with E-state index in [1.807, 2.05) is 12.1 Å². The van der Waals surface area contributed by atoms with Crippen LogP contribution in [0.2, 0.25) is 0 Å². The lowest BCUT2D eigenvalue weighted by atomic mass is 9.77. The lowest BCUT2D eigenvalue weighted by Gasteiger charge is -2.29. The number of halogens is 3. The molecule has 0 aromatic heterocycles. The van der Waals surface area contributed by atoms with E-state index in [9.17, 15) is 13.2 Å². The second-order valence-corrected chi connectivity index (χ2v) is 8.68. The SMILES string of the molecule is CCCCCCCC1CCC(c2ccc(/C(F)=C(\F)c3ccc(F)cc3)cc2)CC1. The van der Waals surface area contributed by atoms with E-state index in [4.69, 9.17) is 0 Å². The molecule has 0 atom stereocenters. The monoisotopic (exact) mass is 414 g/mol. The van der Waals surface area contributed by atoms with Gasteiger partial charge in [0.05, 0.1) is 0 Å². The highest BCUT2D eigenvalue weighted by atomic mass is 19.2. The maximum absolute atomic E-state index is 14.5. The molecule has 0 heterocycles. The van der Waals surface area contributed by atoms with Gasteiger partial charge < -0.3 is 0 Å². The zero-order valence-corrected chi connectivity index (χ0v) is 18.0. The Labute approximate surface area is 179 Å². The lowest BCUT2D eigenvalue weighted by molar-refractivity contribution is 0.302. The summed E-state index contributed by atoms with van der Waals surface area (Å²) >= 11 is 0. The van der Waals surface area contributed by atoms with Crippen LogP contribution in [0.3, 0.4) is 0 Å². The molecule has 3 heteroatoms. The number of rotatable bonds is 9. The first-order valence-corrected chi connectivity index (χ1v) is 11.5. The summed E-state index contributed by atoms with van der Waals surface area (Å²) in [7, 11) is 0. The third-order valence-corrected chi connectivity index (χ3v) is 6.49. The van der Waals surface area contributed by atoms with Gasteiger partial charge in [-0.15, -0.1) is 0 Å². The highest BCUT2D eigenvalue weighted by molar-refractivity contribution is 5.83. The van der Waals surface area contributed by atoms with Crippen LogP contribution in [-0.2, 0) is 0 Å². The first kappa shape index (κ1) is 22.7. The normalized spacial score (nSPS) is 20.1. The third kappa shape index (κ3) is 6.23. The first-order chi connectivity index (χ1) is 14.6. The quantitative estimate of drug-likeness (QED) is 0.283. The molecule has 162 valence electrons. The minimum atomic E-state index is -0.956. The number of benzene rings is 2. The minimum Gasteiger partial charge on any atom is -0.207 e. The lowest BCUT2D eigenvalue weighted by Crippen LogP contribution is -2.13. The third-order valence-electron chi connectivity index (χ3n) is 6.49. The Morgan fingerprint density at radius 2 is 1.27 bits per heavy atom. The molecule has 0 N–H and O–H groups in total. The van der Waals surface area contributed by atoms with Crippen molar-refractivity contribution in [2.45, 2.75) is 77.0 Å². The van der Waals surface area contributed by atoms with Gasteiger partial charge in [0, 0.05) is 11.1 Å². The van der Waals surface area contributed by atoms with Gasteiger partial charge in [-0.1, -0.05) is 69.7 Å². The molecule has 0 radical (unpaired) electrons. The van der Waals surface area contributed by atoms with Crippen LogP contribution < -0.4 is 0 Å². The van der Waals surface area contributed by atoms with Gasteiger partial charge in [0.1, 0.15) is 5.82 Å². The second kappa shape index (κ2) is 11.4. The molecule has 3 rings (SSSR count). The molecule has 1 aliphatic rings. The predicted octanol–water partition coefficient (Wildman–Crippen LogP) is 9.22. The van der Waals surface area contributed by atoms with E-state index in [2.05, 4.69) is 6.92 Å². The van der Waals surface area contributed by atoms with Crippen LogP contribution in [0.15, 0.2) is 48.5 Å². The molecular weight excluding hydrogens is 381 g/mol. The number of hydrogen-bond acceptors (Lipinski definition) is 0. The molecule has 0 spiro atoms. The van der Waals surface area contributed by atoms with Crippen molar-refractivity contribution in [3.8, 4) is 0 Å². The molecule has 1 fully saturated rings. The van der Waals surface area contributed by atoms with Crippen molar-refractivity contribution in [1.29, 1.82) is 0 Å². The van der Waals surface area contributed by atoms with E-state index >= 15 is 0 Å². The van der Waals surface area contributed by atoms with Gasteiger partial charge in [-0.05, 0) is 67.3 Å². The average Bonchev–Trinajstić information content (AvgIpc) is 2.79. The van der Waals surface area contributed by atoms with Gasteiger partial charge in [0.15, 0.2) is 11.7 Å². The molecule has 2 aromatic rings. The number of unbranched alkanes of at least 4 members (excludes halogenated alkanes) is 4. The second-order valence-electron chi connectivity index (χ2n) is 8.68. The summed E-state index contributed by atoms with van der Waals surface area (Å²) in [6.45, 7) is 2.25. The molecule has 2 aromatic carbocycles. The van der Waals surface area contributed by atoms with Crippen molar-refractivity contribution in [1.82, 2.24) is 0 Å². The molecule has 0 unspecified atom stereocenters. The van der Waals surface area contributed by atoms with E-state index in [-0.39, 0.29) is 11.1 Å². The maximum atomic E-state index is 14.5. The maximum Gasteiger partial charge on any atom is 0.166 e. The van der Waals surface area contributed by atoms with Crippen molar-refractivity contribution in [2.24, 2.45) is 5.92 Å². The fourth-order valence-corrected chi connectivity index (χ4v) is 4.57. The van der Waals surface area contributed by atoms with Gasteiger partial charge in [0.25, 0.3) is 0 Å². The molecule has 1 saturated carbocycles. The van der Waals surface area contributed by atoms with Crippen LogP contribution >= 0.6 is 0 Å². The van der Waals surface area contributed by atoms with Crippen molar-refractivity contribution in [2.75, 3.05) is 0 Å². The van der Waals surface area contributed by atoms with Crippen molar-refractivity contribution < 1.29 is 13.2 Å². The smallest absolute Gasteiger partial charge is 0.166 e. The van der Waals surface area contributed by atoms with Crippen molar-refractivity contribution in [3.63, 3.8) is 0 Å². The van der Waals surface area contributed by atoms with Crippen LogP contribution in [-0.4, -0.2) is 0 Å². The van der Waals surface area contributed by atoms with Crippen LogP contribution in [0.4, 0.5) is 13.2 Å². The molecule has 0 bridgehead atoms. The van der Waals surface area contributed by atoms with Gasteiger partial charge in [0.2, 0.25) is 0 Å². The Balaban J connectivity index is 1.53. The summed E-state index contributed by atoms with van der Waals surface area (Å²) in [6.07, 6.45) is 13.0. The molecule has 0 amide bonds. The van der Waals surface area contributed by atoms with Gasteiger partial charge in [-0.2, -0.15) is 0 Å². The summed E-state index contributed by atoms with van der Waals surface area (Å²) in [5, 5.41) is 0. The summed E-state index contributed by atoms with van der Waals surface area (Å²) < 4.78 is 41.9. The van der Waals surface area contributed by atoms with Crippen molar-refractivity contribution in [3.05, 3.63) is 71.0 Å². The van der Waals surface area contributed by atoms with E-state index in [1.165, 1.54) is 81.9 Å². The fraction of sp³-hybridized carbons (Fsp3) is 0.481. The summed E-state index contributed by atoms with van der Waals surface area (Å²) in [5.41, 5.74) is 1.49. The largest absolute Gasteiger partial charge is 0.207 e. The Kier molecular flexibility index (Phi) is 8.60. The van der Waals surface area contributed by atoms with Crippen molar-refractivity contribution >= 4 is 11.7 Å². The van der Waals surface area contributed by atoms with Crippen LogP contribution in [0.5, 0.6) is 0 Å². The van der Waals surface area contributed by atoms with E-state index < -0.39 is 17.5 Å². The van der Waals surface area contributed by atoms with Gasteiger partial charge >= 0.3 is 0 Å². The summed E-state index contributed by atoms with van der Waals surface area (Å²) in [5.74, 6) is -0.957. The molecule has 1 aliphatic carbocycles. The molecule has 0 saturated heterocycles. The fourth-order valence-electron chi connectivity index (χ4n) is 4.57. The first-order valence-electron chi connectivity index (χ1n) is 11.5. The molecule has 0 aliphatic heterocycles. The van der Waals surface area contributed by atoms with Crippen LogP contribution in [0, 0.1) is 11.7 Å². The van der Waals surface area contributed by atoms with Gasteiger partial charge in [-0.3, -0.25) is 0 Å². The standard InChI is InChI=1S/C27H33F3/c1-2-3-4-5-6-7-20-8-10-21(11-9-20)22-12-14-23(15-13-22)26(29)27(30)24-16-18-25(28)19-17-24/h12-21H,2-11H2,1H3/b27-26+. The molecule has 0 nitrogen and oxygen atoms in total. The summed E-state index contributed by atoms with van der Waals surface area (Å²) in [6, 6.07) is 12.0. The summed E-state index contributed by atoms with van der Waals surface area (Å²) in [4.78, 5) is 0. The predicted molar refractivity (Wildman–Crippen MR) is 120 cm³/mol. The average molecular weight is 415 g/mol. The Morgan fingerprint density at radius 1 is 0.733 bits per heavy atom. The van der Waals surface area contributed by atoms with E-state index in [0.29, 0.717) is 5.92 Å². The highest BCUT2D eigenvalue weighted by Gasteiger charge is 2.22. The highest BCUT2D eigenvalue weighted by Crippen LogP contribution is 2.38. The Morgan fingerprint density at radius 3 is 1.83 bits per heavy atom. The zero-order valence-electron chi connectivity index (χ0n) is 18.0. The molecule has 30 heavy (non-hydrogen) atoms. The van der Waals surface area contributed by atoms with E-state index in [1.54, 1.807) is 12.1 Å². The molecular formula is C27H33F3. The Hall–Kier alpha value is -2.03. The van der Waals surface area contributed by atoms with Gasteiger partial charge in [-0.25, -0.2) is 13.2 Å². The van der Waals surface area contributed by atoms with E-state index in [0.717, 1.165) is 18.1 Å². The topological polar surface area (TPSA) is 0 Å². The number of hydrogen-bond donors (Lipinski definition) is 0. The van der Waals surface area contributed by atoms with Crippen LogP contribution in [0.25, 0.3) is 11.7 Å².